The summed E-state index contributed by atoms with van der Waals surface area (Å²) in [5.74, 6) is 0.505. The number of benzene rings is 6. The molecule has 0 amide bonds. The van der Waals surface area contributed by atoms with Crippen molar-refractivity contribution in [3.05, 3.63) is 198 Å². The Hall–Kier alpha value is -6.19. The molecule has 1 heterocycles. The molecule has 2 N–H and O–H groups in total. The largest absolute Gasteiger partial charge is 0.383 e. The highest BCUT2D eigenvalue weighted by Gasteiger charge is 2.18. The summed E-state index contributed by atoms with van der Waals surface area (Å²) >= 11 is 0. The Kier molecular flexibility index (Phi) is 8.31. The third-order valence-electron chi connectivity index (χ3n) is 9.39. The molecule has 8 rings (SSSR count). The van der Waals surface area contributed by atoms with Crippen molar-refractivity contribution in [2.45, 2.75) is 19.3 Å². The van der Waals surface area contributed by atoms with Gasteiger partial charge in [0.2, 0.25) is 0 Å². The first-order valence-corrected chi connectivity index (χ1v) is 17.0. The van der Waals surface area contributed by atoms with E-state index in [0.717, 1.165) is 41.6 Å². The van der Waals surface area contributed by atoms with Crippen molar-refractivity contribution in [3.63, 3.8) is 0 Å². The number of aromatic nitrogens is 1. The quantitative estimate of drug-likeness (QED) is 0.132. The van der Waals surface area contributed by atoms with Gasteiger partial charge in [0.05, 0.1) is 11.2 Å². The van der Waals surface area contributed by atoms with Gasteiger partial charge in [0.15, 0.2) is 0 Å². The number of amidine groups is 1. The molecule has 0 aliphatic heterocycles. The first-order chi connectivity index (χ1) is 24.2. The number of allylic oxidation sites excluding steroid dienone is 2. The van der Waals surface area contributed by atoms with Gasteiger partial charge in [0.25, 0.3) is 0 Å². The van der Waals surface area contributed by atoms with Crippen LogP contribution in [-0.2, 0) is 12.8 Å². The maximum absolute atomic E-state index is 6.47. The van der Waals surface area contributed by atoms with Crippen LogP contribution in [0.5, 0.6) is 0 Å². The Morgan fingerprint density at radius 2 is 1.18 bits per heavy atom. The number of nitrogens with zero attached hydrogens (tertiary/aromatic N) is 2. The maximum Gasteiger partial charge on any atom is 0.131 e. The van der Waals surface area contributed by atoms with Crippen LogP contribution in [0.25, 0.3) is 50.6 Å². The number of fused-ring (bicyclic) bond motifs is 3. The van der Waals surface area contributed by atoms with Gasteiger partial charge in [-0.05, 0) is 70.8 Å². The lowest BCUT2D eigenvalue weighted by Crippen LogP contribution is -2.13. The number of aliphatic imine (C=N–C) groups is 1. The Labute approximate surface area is 288 Å². The lowest BCUT2D eigenvalue weighted by molar-refractivity contribution is 0.888. The zero-order valence-electron chi connectivity index (χ0n) is 27.3. The van der Waals surface area contributed by atoms with Crippen LogP contribution in [0, 0.1) is 0 Å². The summed E-state index contributed by atoms with van der Waals surface area (Å²) in [4.78, 5) is 4.89. The molecule has 236 valence electrons. The SMILES string of the molecule is NC(=N/C(=C\Cc1ccccc1)c1ccc(-c2ccc(-c3ccc(-n4c5c(c6ccccc64)C=CCC5)cc3)cc2)cc1)c1ccccc1. The van der Waals surface area contributed by atoms with E-state index in [1.807, 2.05) is 36.4 Å². The molecular weight excluding hydrogens is 595 g/mol. The molecule has 0 saturated carbocycles. The van der Waals surface area contributed by atoms with Gasteiger partial charge in [0, 0.05) is 27.9 Å². The molecular formula is C46H37N3. The fourth-order valence-corrected chi connectivity index (χ4v) is 6.82. The van der Waals surface area contributed by atoms with Crippen LogP contribution in [0.1, 0.15) is 34.4 Å². The Morgan fingerprint density at radius 3 is 1.86 bits per heavy atom. The fourth-order valence-electron chi connectivity index (χ4n) is 6.82. The van der Waals surface area contributed by atoms with Crippen LogP contribution in [-0.4, -0.2) is 10.4 Å². The van der Waals surface area contributed by atoms with Crippen molar-refractivity contribution in [2.75, 3.05) is 0 Å². The van der Waals surface area contributed by atoms with Gasteiger partial charge in [-0.2, -0.15) is 0 Å². The van der Waals surface area contributed by atoms with Crippen molar-refractivity contribution in [1.82, 2.24) is 4.57 Å². The first-order valence-electron chi connectivity index (χ1n) is 17.0. The molecule has 0 spiro atoms. The van der Waals surface area contributed by atoms with Gasteiger partial charge in [-0.25, -0.2) is 4.99 Å². The molecule has 0 unspecified atom stereocenters. The Bertz CT molecular complexity index is 2310. The van der Waals surface area contributed by atoms with Crippen LogP contribution in [0.4, 0.5) is 0 Å². The van der Waals surface area contributed by atoms with Crippen molar-refractivity contribution in [3.8, 4) is 27.9 Å². The van der Waals surface area contributed by atoms with Crippen molar-refractivity contribution in [1.29, 1.82) is 0 Å². The number of hydrogen-bond acceptors (Lipinski definition) is 1. The minimum absolute atomic E-state index is 0.505. The third kappa shape index (κ3) is 6.27. The van der Waals surface area contributed by atoms with Gasteiger partial charge in [-0.3, -0.25) is 0 Å². The Morgan fingerprint density at radius 1 is 0.612 bits per heavy atom. The van der Waals surface area contributed by atoms with Crippen LogP contribution in [0.3, 0.4) is 0 Å². The standard InChI is InChI=1S/C46H37N3/c47-46(39-13-5-2-6-14-39)48-43(32-19-33-11-3-1-4-12-33)38-26-24-36(25-27-38)34-20-22-35(23-21-34)37-28-30-40(31-29-37)49-44-17-9-7-15-41(44)42-16-8-10-18-45(42)49/h1-9,11-17,20-32H,10,18-19H2,(H2,47,48)/b43-32-. The molecule has 0 saturated heterocycles. The van der Waals surface area contributed by atoms with E-state index in [2.05, 4.69) is 144 Å². The Balaban J connectivity index is 1.03. The van der Waals surface area contributed by atoms with E-state index in [1.165, 1.54) is 50.1 Å². The molecule has 6 aromatic carbocycles. The van der Waals surface area contributed by atoms with E-state index < -0.39 is 0 Å². The summed E-state index contributed by atoms with van der Waals surface area (Å²) in [6.07, 6.45) is 9.65. The number of hydrogen-bond donors (Lipinski definition) is 1. The van der Waals surface area contributed by atoms with Crippen molar-refractivity contribution < 1.29 is 0 Å². The first kappa shape index (κ1) is 30.2. The zero-order valence-corrected chi connectivity index (χ0v) is 27.3. The minimum atomic E-state index is 0.505. The summed E-state index contributed by atoms with van der Waals surface area (Å²) in [6, 6.07) is 55.5. The van der Waals surface area contributed by atoms with Gasteiger partial charge >= 0.3 is 0 Å². The summed E-state index contributed by atoms with van der Waals surface area (Å²) < 4.78 is 2.44. The molecule has 49 heavy (non-hydrogen) atoms. The van der Waals surface area contributed by atoms with Crippen molar-refractivity contribution in [2.24, 2.45) is 10.7 Å². The summed E-state index contributed by atoms with van der Waals surface area (Å²) in [6.45, 7) is 0. The second kappa shape index (κ2) is 13.5. The average molecular weight is 632 g/mol. The lowest BCUT2D eigenvalue weighted by Gasteiger charge is -2.14. The molecule has 0 bridgehead atoms. The monoisotopic (exact) mass is 631 g/mol. The van der Waals surface area contributed by atoms with E-state index in [-0.39, 0.29) is 0 Å². The average Bonchev–Trinajstić information content (AvgIpc) is 3.52. The second-order valence-corrected chi connectivity index (χ2v) is 12.5. The highest BCUT2D eigenvalue weighted by atomic mass is 15.0. The van der Waals surface area contributed by atoms with Crippen LogP contribution in [0.2, 0.25) is 0 Å². The van der Waals surface area contributed by atoms with Gasteiger partial charge in [-0.15, -0.1) is 0 Å². The molecule has 1 aliphatic rings. The highest BCUT2D eigenvalue weighted by Crippen LogP contribution is 2.35. The summed E-state index contributed by atoms with van der Waals surface area (Å²) in [7, 11) is 0. The normalized spacial score (nSPS) is 13.1. The van der Waals surface area contributed by atoms with E-state index in [1.54, 1.807) is 0 Å². The molecule has 1 aromatic heterocycles. The summed E-state index contributed by atoms with van der Waals surface area (Å²) in [5, 5.41) is 1.32. The number of rotatable bonds is 8. The smallest absolute Gasteiger partial charge is 0.131 e. The van der Waals surface area contributed by atoms with Gasteiger partial charge < -0.3 is 10.3 Å². The molecule has 1 aliphatic carbocycles. The van der Waals surface area contributed by atoms with E-state index in [4.69, 9.17) is 10.7 Å². The molecule has 3 nitrogen and oxygen atoms in total. The lowest BCUT2D eigenvalue weighted by atomic mass is 9.98. The van der Waals surface area contributed by atoms with E-state index >= 15 is 0 Å². The molecule has 3 heteroatoms. The topological polar surface area (TPSA) is 43.3 Å². The predicted octanol–water partition coefficient (Wildman–Crippen LogP) is 10.9. The summed E-state index contributed by atoms with van der Waals surface area (Å²) in [5.41, 5.74) is 20.5. The minimum Gasteiger partial charge on any atom is -0.383 e. The fraction of sp³-hybridized carbons (Fsp3) is 0.0652. The van der Waals surface area contributed by atoms with Gasteiger partial charge in [0.1, 0.15) is 5.84 Å². The second-order valence-electron chi connectivity index (χ2n) is 12.5. The van der Waals surface area contributed by atoms with Crippen LogP contribution in [0.15, 0.2) is 175 Å². The highest BCUT2D eigenvalue weighted by molar-refractivity contribution is 6.00. The van der Waals surface area contributed by atoms with Crippen LogP contribution < -0.4 is 5.73 Å². The van der Waals surface area contributed by atoms with Crippen LogP contribution >= 0.6 is 0 Å². The van der Waals surface area contributed by atoms with Gasteiger partial charge in [-0.1, -0.05) is 158 Å². The molecule has 0 atom stereocenters. The predicted molar refractivity (Wildman–Crippen MR) is 207 cm³/mol. The third-order valence-corrected chi connectivity index (χ3v) is 9.39. The van der Waals surface area contributed by atoms with E-state index in [0.29, 0.717) is 5.84 Å². The maximum atomic E-state index is 6.47. The molecule has 0 fully saturated rings. The number of para-hydroxylation sites is 1. The number of nitrogens with two attached hydrogens (primary N) is 1. The zero-order chi connectivity index (χ0) is 33.0. The molecule has 0 radical (unpaired) electrons. The van der Waals surface area contributed by atoms with E-state index in [9.17, 15) is 0 Å². The van der Waals surface area contributed by atoms with Crippen molar-refractivity contribution >= 4 is 28.5 Å². The molecule has 7 aromatic rings.